The van der Waals surface area contributed by atoms with Crippen LogP contribution in [0, 0.1) is 5.41 Å². The highest BCUT2D eigenvalue weighted by Crippen LogP contribution is 2.43. The maximum atomic E-state index is 14.0. The van der Waals surface area contributed by atoms with Crippen LogP contribution in [0.5, 0.6) is 0 Å². The number of hydrogen-bond acceptors (Lipinski definition) is 6. The minimum absolute atomic E-state index is 0.145. The van der Waals surface area contributed by atoms with Crippen LogP contribution in [0.1, 0.15) is 68.5 Å². The molecule has 0 radical (unpaired) electrons. The lowest BCUT2D eigenvalue weighted by Crippen LogP contribution is -2.43. The van der Waals surface area contributed by atoms with Crippen molar-refractivity contribution in [1.29, 1.82) is 0 Å². The zero-order chi connectivity index (χ0) is 31.3. The summed E-state index contributed by atoms with van der Waals surface area (Å²) in [4.78, 5) is 37.8. The molecule has 1 N–H and O–H groups in total. The number of fused-ring (bicyclic) bond motifs is 1. The second-order valence-electron chi connectivity index (χ2n) is 13.8. The van der Waals surface area contributed by atoms with E-state index in [1.807, 2.05) is 22.9 Å². The number of H-pyrrole nitrogens is 1. The summed E-state index contributed by atoms with van der Waals surface area (Å²) in [5.74, 6) is 1.60. The van der Waals surface area contributed by atoms with Gasteiger partial charge < -0.3 is 9.80 Å². The monoisotopic (exact) mass is 618 g/mol. The number of aromatic amines is 1. The second kappa shape index (κ2) is 11.8. The molecule has 10 heteroatoms. The average Bonchev–Trinajstić information content (AvgIpc) is 3.89. The molecule has 3 fully saturated rings. The molecule has 4 aromatic rings. The molecule has 3 aliphatic heterocycles. The van der Waals surface area contributed by atoms with Crippen LogP contribution in [0.2, 0.25) is 0 Å². The first kappa shape index (κ1) is 29.1. The van der Waals surface area contributed by atoms with Gasteiger partial charge in [0.25, 0.3) is 0 Å². The minimum Gasteiger partial charge on any atom is -0.338 e. The molecule has 4 aliphatic rings. The predicted molar refractivity (Wildman–Crippen MR) is 178 cm³/mol. The molecule has 2 aromatic heterocycles. The quantitative estimate of drug-likeness (QED) is 0.321. The van der Waals surface area contributed by atoms with Gasteiger partial charge in [-0.05, 0) is 68.0 Å². The van der Waals surface area contributed by atoms with Crippen molar-refractivity contribution in [2.24, 2.45) is 12.5 Å². The van der Waals surface area contributed by atoms with Crippen molar-refractivity contribution in [3.63, 3.8) is 0 Å². The average molecular weight is 619 g/mol. The number of likely N-dealkylation sites (tertiary alicyclic amines) is 1. The maximum absolute atomic E-state index is 14.0. The summed E-state index contributed by atoms with van der Waals surface area (Å²) in [6.07, 6.45) is 12.6. The fourth-order valence-corrected chi connectivity index (χ4v) is 8.18. The van der Waals surface area contributed by atoms with Crippen LogP contribution >= 0.6 is 0 Å². The SMILES string of the molecule is Cn1cnc(-c2ccc(C3=CCN(C(=O)CN4CC[C@]5(CCN(c6ccc7n[nH]c(C8CCCCC8)c7c6)C5=O)C4)CC3)cc2)n1. The first-order valence-electron chi connectivity index (χ1n) is 16.9. The third-order valence-electron chi connectivity index (χ3n) is 10.9. The fraction of sp³-hybridized carbons (Fsp3) is 0.472. The van der Waals surface area contributed by atoms with Gasteiger partial charge in [-0.3, -0.25) is 24.3 Å². The van der Waals surface area contributed by atoms with Gasteiger partial charge in [-0.25, -0.2) is 4.98 Å². The topological polar surface area (TPSA) is 103 Å². The van der Waals surface area contributed by atoms with Crippen molar-refractivity contribution < 1.29 is 9.59 Å². The summed E-state index contributed by atoms with van der Waals surface area (Å²) < 4.78 is 1.70. The number of carbonyl (C=O) groups excluding carboxylic acids is 2. The number of benzene rings is 2. The molecule has 8 rings (SSSR count). The zero-order valence-electron chi connectivity index (χ0n) is 26.6. The Kier molecular flexibility index (Phi) is 7.47. The Hall–Kier alpha value is -4.31. The number of aryl methyl sites for hydroxylation is 1. The Bertz CT molecular complexity index is 1800. The van der Waals surface area contributed by atoms with Gasteiger partial charge in [0.1, 0.15) is 6.33 Å². The van der Waals surface area contributed by atoms with Crippen molar-refractivity contribution >= 4 is 34.0 Å². The predicted octanol–water partition coefficient (Wildman–Crippen LogP) is 5.15. The Morgan fingerprint density at radius 2 is 1.80 bits per heavy atom. The van der Waals surface area contributed by atoms with E-state index >= 15 is 0 Å². The van der Waals surface area contributed by atoms with Gasteiger partial charge in [-0.1, -0.05) is 49.6 Å². The molecular formula is C36H42N8O2. The number of aromatic nitrogens is 5. The normalized spacial score (nSPS) is 22.8. The molecule has 5 heterocycles. The number of hydrogen-bond donors (Lipinski definition) is 1. The maximum Gasteiger partial charge on any atom is 0.237 e. The van der Waals surface area contributed by atoms with Gasteiger partial charge in [0.15, 0.2) is 5.82 Å². The number of nitrogens with zero attached hydrogens (tertiary/aromatic N) is 7. The van der Waals surface area contributed by atoms with Crippen molar-refractivity contribution in [3.8, 4) is 11.4 Å². The summed E-state index contributed by atoms with van der Waals surface area (Å²) >= 11 is 0. The van der Waals surface area contributed by atoms with Crippen molar-refractivity contribution in [2.75, 3.05) is 44.2 Å². The van der Waals surface area contributed by atoms with E-state index in [1.165, 1.54) is 48.9 Å². The fourth-order valence-electron chi connectivity index (χ4n) is 8.18. The van der Waals surface area contributed by atoms with Crippen LogP contribution in [0.25, 0.3) is 27.9 Å². The molecule has 1 aliphatic carbocycles. The molecule has 1 atom stereocenters. The first-order valence-corrected chi connectivity index (χ1v) is 16.9. The zero-order valence-corrected chi connectivity index (χ0v) is 26.6. The number of amides is 2. The van der Waals surface area contributed by atoms with Gasteiger partial charge in [-0.15, -0.1) is 0 Å². The third-order valence-corrected chi connectivity index (χ3v) is 10.9. The van der Waals surface area contributed by atoms with E-state index in [-0.39, 0.29) is 11.8 Å². The summed E-state index contributed by atoms with van der Waals surface area (Å²) in [5, 5.41) is 13.5. The van der Waals surface area contributed by atoms with Crippen molar-refractivity contribution in [3.05, 3.63) is 66.1 Å². The highest BCUT2D eigenvalue weighted by molar-refractivity contribution is 6.02. The van der Waals surface area contributed by atoms with E-state index in [0.717, 1.165) is 60.3 Å². The van der Waals surface area contributed by atoms with Crippen molar-refractivity contribution in [1.82, 2.24) is 34.8 Å². The Morgan fingerprint density at radius 1 is 1.00 bits per heavy atom. The van der Waals surface area contributed by atoms with Gasteiger partial charge >= 0.3 is 0 Å². The second-order valence-corrected chi connectivity index (χ2v) is 13.8. The molecule has 1 spiro atoms. The largest absolute Gasteiger partial charge is 0.338 e. The molecule has 2 amide bonds. The molecule has 0 bridgehead atoms. The van der Waals surface area contributed by atoms with E-state index in [1.54, 1.807) is 11.0 Å². The van der Waals surface area contributed by atoms with Crippen LogP contribution in [-0.2, 0) is 16.6 Å². The van der Waals surface area contributed by atoms with Crippen LogP contribution < -0.4 is 4.90 Å². The van der Waals surface area contributed by atoms with E-state index in [4.69, 9.17) is 0 Å². The number of nitrogens with one attached hydrogen (secondary N) is 1. The number of anilines is 1. The van der Waals surface area contributed by atoms with E-state index in [0.29, 0.717) is 32.1 Å². The molecule has 1 saturated carbocycles. The van der Waals surface area contributed by atoms with Crippen LogP contribution in [0.15, 0.2) is 54.9 Å². The van der Waals surface area contributed by atoms with Gasteiger partial charge in [0.2, 0.25) is 11.8 Å². The lowest BCUT2D eigenvalue weighted by molar-refractivity contribution is -0.132. The van der Waals surface area contributed by atoms with E-state index in [9.17, 15) is 9.59 Å². The third kappa shape index (κ3) is 5.32. The number of rotatable bonds is 6. The van der Waals surface area contributed by atoms with E-state index < -0.39 is 5.41 Å². The Balaban J connectivity index is 0.882. The smallest absolute Gasteiger partial charge is 0.237 e. The molecule has 2 saturated heterocycles. The molecular weight excluding hydrogens is 576 g/mol. The van der Waals surface area contributed by atoms with Crippen molar-refractivity contribution in [2.45, 2.75) is 57.3 Å². The van der Waals surface area contributed by atoms with Crippen LogP contribution in [-0.4, -0.2) is 85.8 Å². The highest BCUT2D eigenvalue weighted by atomic mass is 16.2. The van der Waals surface area contributed by atoms with E-state index in [2.05, 4.69) is 67.7 Å². The molecule has 2 aromatic carbocycles. The molecule has 0 unspecified atom stereocenters. The molecule has 10 nitrogen and oxygen atoms in total. The van der Waals surface area contributed by atoms with Crippen LogP contribution in [0.4, 0.5) is 5.69 Å². The lowest BCUT2D eigenvalue weighted by atomic mass is 9.85. The summed E-state index contributed by atoms with van der Waals surface area (Å²) in [7, 11) is 1.87. The summed E-state index contributed by atoms with van der Waals surface area (Å²) in [6.45, 7) is 3.85. The summed E-state index contributed by atoms with van der Waals surface area (Å²) in [5.41, 5.74) is 6.22. The lowest BCUT2D eigenvalue weighted by Gasteiger charge is -2.29. The van der Waals surface area contributed by atoms with Crippen LogP contribution in [0.3, 0.4) is 0 Å². The van der Waals surface area contributed by atoms with Gasteiger partial charge in [-0.2, -0.15) is 10.2 Å². The first-order chi connectivity index (χ1) is 22.5. The Labute approximate surface area is 269 Å². The molecule has 46 heavy (non-hydrogen) atoms. The number of carbonyl (C=O) groups is 2. The molecule has 238 valence electrons. The highest BCUT2D eigenvalue weighted by Gasteiger charge is 2.51. The van der Waals surface area contributed by atoms with Gasteiger partial charge in [0.05, 0.1) is 17.5 Å². The standard InChI is InChI=1S/C36H42N8O2/c1-41-24-37-34(40-41)28-9-7-25(8-10-28)26-13-17-43(18-14-26)32(45)22-42-19-15-36(23-42)16-20-44(35(36)46)29-11-12-31-30(21-29)33(39-38-31)27-5-3-2-4-6-27/h7-13,21,24,27H,2-6,14-20,22-23H2,1H3,(H,38,39)/t36-/m0/s1. The summed E-state index contributed by atoms with van der Waals surface area (Å²) in [6, 6.07) is 14.6. The minimum atomic E-state index is -0.399. The Morgan fingerprint density at radius 3 is 2.57 bits per heavy atom. The van der Waals surface area contributed by atoms with Gasteiger partial charge in [0, 0.05) is 61.5 Å².